The number of amides is 1. The van der Waals surface area contributed by atoms with Gasteiger partial charge in [0.25, 0.3) is 5.91 Å². The zero-order valence-corrected chi connectivity index (χ0v) is 12.0. The Morgan fingerprint density at radius 1 is 1.35 bits per heavy atom. The summed E-state index contributed by atoms with van der Waals surface area (Å²) < 4.78 is 10.8. The highest BCUT2D eigenvalue weighted by atomic mass is 16.5. The van der Waals surface area contributed by atoms with Crippen LogP contribution in [0.1, 0.15) is 31.4 Å². The van der Waals surface area contributed by atoms with Crippen LogP contribution in [0, 0.1) is 0 Å². The Labute approximate surface area is 119 Å². The summed E-state index contributed by atoms with van der Waals surface area (Å²) in [5.74, 6) is 1.05. The first-order chi connectivity index (χ1) is 9.61. The fraction of sp³-hybridized carbons (Fsp3) is 0.533. The fourth-order valence-corrected chi connectivity index (χ4v) is 2.26. The summed E-state index contributed by atoms with van der Waals surface area (Å²) in [6, 6.07) is 5.21. The van der Waals surface area contributed by atoms with Crippen LogP contribution < -0.4 is 9.47 Å². The lowest BCUT2D eigenvalue weighted by Crippen LogP contribution is -2.32. The van der Waals surface area contributed by atoms with Gasteiger partial charge in [0.1, 0.15) is 0 Å². The van der Waals surface area contributed by atoms with Crippen molar-refractivity contribution in [2.24, 2.45) is 0 Å². The molecule has 2 rings (SSSR count). The minimum Gasteiger partial charge on any atom is -0.493 e. The third-order valence-corrected chi connectivity index (χ3v) is 3.48. The van der Waals surface area contributed by atoms with E-state index in [1.165, 1.54) is 7.11 Å². The van der Waals surface area contributed by atoms with Crippen molar-refractivity contribution in [2.75, 3.05) is 26.8 Å². The Hall–Kier alpha value is -1.75. The number of carbonyl (C=O) groups is 1. The van der Waals surface area contributed by atoms with E-state index in [1.807, 2.05) is 4.90 Å². The van der Waals surface area contributed by atoms with Crippen LogP contribution in [-0.2, 0) is 4.79 Å². The molecule has 0 spiro atoms. The number of aliphatic hydroxyl groups excluding tert-OH is 1. The van der Waals surface area contributed by atoms with Gasteiger partial charge in [0.15, 0.2) is 18.1 Å². The van der Waals surface area contributed by atoms with Crippen molar-refractivity contribution in [3.63, 3.8) is 0 Å². The van der Waals surface area contributed by atoms with Gasteiger partial charge in [0.05, 0.1) is 13.2 Å². The van der Waals surface area contributed by atoms with Crippen LogP contribution in [-0.4, -0.2) is 42.7 Å². The molecule has 1 saturated heterocycles. The van der Waals surface area contributed by atoms with E-state index in [9.17, 15) is 9.90 Å². The Morgan fingerprint density at radius 3 is 2.65 bits per heavy atom. The first-order valence-electron chi connectivity index (χ1n) is 6.88. The Morgan fingerprint density at radius 2 is 2.05 bits per heavy atom. The Balaban J connectivity index is 1.99. The van der Waals surface area contributed by atoms with Crippen molar-refractivity contribution < 1.29 is 19.4 Å². The molecule has 0 bridgehead atoms. The SMILES string of the molecule is COc1cc(C(C)O)ccc1OCC(=O)N1CCCC1. The lowest BCUT2D eigenvalue weighted by atomic mass is 10.1. The molecule has 1 N–H and O–H groups in total. The van der Waals surface area contributed by atoms with E-state index in [-0.39, 0.29) is 12.5 Å². The number of rotatable bonds is 5. The zero-order valence-electron chi connectivity index (χ0n) is 12.0. The fourth-order valence-electron chi connectivity index (χ4n) is 2.26. The van der Waals surface area contributed by atoms with E-state index >= 15 is 0 Å². The standard InChI is InChI=1S/C15H21NO4/c1-11(17)12-5-6-13(14(9-12)19-2)20-10-15(18)16-7-3-4-8-16/h5-6,9,11,17H,3-4,7-8,10H2,1-2H3. The normalized spacial score (nSPS) is 16.1. The van der Waals surface area contributed by atoms with Crippen LogP contribution in [0.2, 0.25) is 0 Å². The van der Waals surface area contributed by atoms with Crippen LogP contribution in [0.15, 0.2) is 18.2 Å². The number of ether oxygens (including phenoxy) is 2. The third-order valence-electron chi connectivity index (χ3n) is 3.48. The van der Waals surface area contributed by atoms with Gasteiger partial charge in [-0.3, -0.25) is 4.79 Å². The molecule has 1 heterocycles. The van der Waals surface area contributed by atoms with E-state index in [0.29, 0.717) is 11.5 Å². The summed E-state index contributed by atoms with van der Waals surface area (Å²) in [6.45, 7) is 3.34. The maximum atomic E-state index is 11.9. The molecule has 0 aliphatic carbocycles. The summed E-state index contributed by atoms with van der Waals surface area (Å²) in [6.07, 6.45) is 1.57. The second-order valence-electron chi connectivity index (χ2n) is 4.96. The summed E-state index contributed by atoms with van der Waals surface area (Å²) in [5.41, 5.74) is 0.750. The van der Waals surface area contributed by atoms with Gasteiger partial charge in [-0.15, -0.1) is 0 Å². The van der Waals surface area contributed by atoms with Crippen molar-refractivity contribution in [1.29, 1.82) is 0 Å². The van der Waals surface area contributed by atoms with Crippen LogP contribution in [0.3, 0.4) is 0 Å². The van der Waals surface area contributed by atoms with Crippen LogP contribution in [0.25, 0.3) is 0 Å². The average molecular weight is 279 g/mol. The van der Waals surface area contributed by atoms with Crippen LogP contribution >= 0.6 is 0 Å². The van der Waals surface area contributed by atoms with Gasteiger partial charge in [0.2, 0.25) is 0 Å². The molecule has 1 amide bonds. The molecule has 1 aliphatic heterocycles. The first-order valence-corrected chi connectivity index (χ1v) is 6.88. The van der Waals surface area contributed by atoms with Gasteiger partial charge in [-0.1, -0.05) is 6.07 Å². The van der Waals surface area contributed by atoms with Crippen molar-refractivity contribution in [2.45, 2.75) is 25.9 Å². The second-order valence-corrected chi connectivity index (χ2v) is 4.96. The van der Waals surface area contributed by atoms with Crippen molar-refractivity contribution >= 4 is 5.91 Å². The highest BCUT2D eigenvalue weighted by Crippen LogP contribution is 2.30. The maximum Gasteiger partial charge on any atom is 0.260 e. The number of hydrogen-bond donors (Lipinski definition) is 1. The molecule has 0 aromatic heterocycles. The van der Waals surface area contributed by atoms with Crippen molar-refractivity contribution in [1.82, 2.24) is 4.90 Å². The Bertz CT molecular complexity index is 467. The molecule has 1 aromatic carbocycles. The summed E-state index contributed by atoms with van der Waals surface area (Å²) in [7, 11) is 1.54. The van der Waals surface area contributed by atoms with Gasteiger partial charge in [-0.2, -0.15) is 0 Å². The monoisotopic (exact) mass is 279 g/mol. The lowest BCUT2D eigenvalue weighted by molar-refractivity contribution is -0.132. The molecule has 110 valence electrons. The summed E-state index contributed by atoms with van der Waals surface area (Å²) >= 11 is 0. The molecule has 5 nitrogen and oxygen atoms in total. The van der Waals surface area contributed by atoms with Gasteiger partial charge in [0, 0.05) is 13.1 Å². The predicted molar refractivity (Wildman–Crippen MR) is 74.9 cm³/mol. The third kappa shape index (κ3) is 3.42. The second kappa shape index (κ2) is 6.61. The minimum atomic E-state index is -0.566. The number of carbonyl (C=O) groups excluding carboxylic acids is 1. The van der Waals surface area contributed by atoms with Gasteiger partial charge in [-0.25, -0.2) is 0 Å². The van der Waals surface area contributed by atoms with Crippen LogP contribution in [0.5, 0.6) is 11.5 Å². The van der Waals surface area contributed by atoms with Gasteiger partial charge in [-0.05, 0) is 37.5 Å². The molecule has 1 aromatic rings. The number of hydrogen-bond acceptors (Lipinski definition) is 4. The molecule has 1 aliphatic rings. The predicted octanol–water partition coefficient (Wildman–Crippen LogP) is 1.75. The first kappa shape index (κ1) is 14.7. The minimum absolute atomic E-state index is 0.00385. The van der Waals surface area contributed by atoms with E-state index in [1.54, 1.807) is 25.1 Å². The quantitative estimate of drug-likeness (QED) is 0.892. The molecule has 0 saturated carbocycles. The topological polar surface area (TPSA) is 59.0 Å². The highest BCUT2D eigenvalue weighted by Gasteiger charge is 2.19. The summed E-state index contributed by atoms with van der Waals surface area (Å²) in [4.78, 5) is 13.7. The van der Waals surface area contributed by atoms with E-state index in [0.717, 1.165) is 31.5 Å². The van der Waals surface area contributed by atoms with Crippen LogP contribution in [0.4, 0.5) is 0 Å². The zero-order chi connectivity index (χ0) is 14.5. The van der Waals surface area contributed by atoms with Gasteiger partial charge >= 0.3 is 0 Å². The molecule has 20 heavy (non-hydrogen) atoms. The number of nitrogens with zero attached hydrogens (tertiary/aromatic N) is 1. The molecule has 1 atom stereocenters. The van der Waals surface area contributed by atoms with E-state index in [2.05, 4.69) is 0 Å². The smallest absolute Gasteiger partial charge is 0.260 e. The van der Waals surface area contributed by atoms with Crippen molar-refractivity contribution in [3.05, 3.63) is 23.8 Å². The number of benzene rings is 1. The molecule has 1 fully saturated rings. The molecular weight excluding hydrogens is 258 g/mol. The molecule has 1 unspecified atom stereocenters. The highest BCUT2D eigenvalue weighted by molar-refractivity contribution is 5.78. The molecule has 5 heteroatoms. The lowest BCUT2D eigenvalue weighted by Gasteiger charge is -2.17. The van der Waals surface area contributed by atoms with E-state index < -0.39 is 6.10 Å². The Kier molecular flexibility index (Phi) is 4.84. The maximum absolute atomic E-state index is 11.9. The summed E-state index contributed by atoms with van der Waals surface area (Å²) in [5, 5.41) is 9.54. The largest absolute Gasteiger partial charge is 0.493 e. The van der Waals surface area contributed by atoms with E-state index in [4.69, 9.17) is 9.47 Å². The molecular formula is C15H21NO4. The average Bonchev–Trinajstić information content (AvgIpc) is 2.98. The number of methoxy groups -OCH3 is 1. The number of aliphatic hydroxyl groups is 1. The van der Waals surface area contributed by atoms with Crippen molar-refractivity contribution in [3.8, 4) is 11.5 Å². The van der Waals surface area contributed by atoms with Gasteiger partial charge < -0.3 is 19.5 Å². The number of likely N-dealkylation sites (tertiary alicyclic amines) is 1. The molecule has 0 radical (unpaired) electrons.